The van der Waals surface area contributed by atoms with Crippen molar-refractivity contribution in [1.82, 2.24) is 9.97 Å². The number of ether oxygens (including phenoxy) is 2. The Labute approximate surface area is 170 Å². The van der Waals surface area contributed by atoms with Crippen LogP contribution in [0, 0.1) is 6.92 Å². The van der Waals surface area contributed by atoms with E-state index in [1.54, 1.807) is 38.3 Å². The molecule has 2 aromatic carbocycles. The maximum absolute atomic E-state index is 11.7. The highest BCUT2D eigenvalue weighted by molar-refractivity contribution is 5.89. The molecule has 2 N–H and O–H groups in total. The third-order valence-electron chi connectivity index (χ3n) is 4.14. The van der Waals surface area contributed by atoms with Gasteiger partial charge in [0.15, 0.2) is 0 Å². The third-order valence-corrected chi connectivity index (χ3v) is 4.14. The number of esters is 1. The number of hydrogen-bond donors (Lipinski definition) is 2. The average Bonchev–Trinajstić information content (AvgIpc) is 2.73. The van der Waals surface area contributed by atoms with Gasteiger partial charge in [-0.25, -0.2) is 9.78 Å². The molecule has 7 heteroatoms. The molecule has 1 aromatic heterocycles. The smallest absolute Gasteiger partial charge is 0.338 e. The van der Waals surface area contributed by atoms with Crippen molar-refractivity contribution in [2.24, 2.45) is 0 Å². The molecule has 0 saturated carbocycles. The third kappa shape index (κ3) is 5.68. The van der Waals surface area contributed by atoms with Crippen LogP contribution in [0.1, 0.15) is 28.5 Å². The number of hydrogen-bond acceptors (Lipinski definition) is 7. The van der Waals surface area contributed by atoms with Crippen LogP contribution in [0.3, 0.4) is 0 Å². The summed E-state index contributed by atoms with van der Waals surface area (Å²) in [7, 11) is 1.65. The standard InChI is InChI=1S/C22H24N4O3/c1-4-29-21(27)17-7-9-18(10-8-17)25-22-24-15(2)13-20(26-22)23-14-16-5-11-19(28-3)12-6-16/h5-13H,4,14H2,1-3H3,(H2,23,24,25,26). The maximum Gasteiger partial charge on any atom is 0.338 e. The molecule has 7 nitrogen and oxygen atoms in total. The van der Waals surface area contributed by atoms with E-state index in [2.05, 4.69) is 20.6 Å². The Bertz CT molecular complexity index is 957. The number of methoxy groups -OCH3 is 1. The Morgan fingerprint density at radius 2 is 1.76 bits per heavy atom. The molecule has 1 heterocycles. The molecule has 3 aromatic rings. The lowest BCUT2D eigenvalue weighted by atomic mass is 10.2. The number of benzene rings is 2. The zero-order chi connectivity index (χ0) is 20.6. The number of anilines is 3. The first-order valence-corrected chi connectivity index (χ1v) is 9.34. The fourth-order valence-corrected chi connectivity index (χ4v) is 2.68. The van der Waals surface area contributed by atoms with Crippen molar-refractivity contribution in [2.45, 2.75) is 20.4 Å². The zero-order valence-corrected chi connectivity index (χ0v) is 16.7. The second-order valence-corrected chi connectivity index (χ2v) is 6.34. The molecule has 0 saturated heterocycles. The number of nitrogens with one attached hydrogen (secondary N) is 2. The van der Waals surface area contributed by atoms with E-state index in [9.17, 15) is 4.79 Å². The topological polar surface area (TPSA) is 85.4 Å². The van der Waals surface area contributed by atoms with Crippen LogP contribution in [-0.2, 0) is 11.3 Å². The number of rotatable bonds is 8. The van der Waals surface area contributed by atoms with E-state index in [1.807, 2.05) is 37.3 Å². The second-order valence-electron chi connectivity index (χ2n) is 6.34. The fourth-order valence-electron chi connectivity index (χ4n) is 2.68. The molecule has 0 amide bonds. The summed E-state index contributed by atoms with van der Waals surface area (Å²) in [6.07, 6.45) is 0. The van der Waals surface area contributed by atoms with Gasteiger partial charge in [-0.1, -0.05) is 12.1 Å². The molecule has 0 radical (unpaired) electrons. The first-order valence-electron chi connectivity index (χ1n) is 9.34. The lowest BCUT2D eigenvalue weighted by Gasteiger charge is -2.11. The van der Waals surface area contributed by atoms with Gasteiger partial charge in [-0.3, -0.25) is 0 Å². The van der Waals surface area contributed by atoms with Crippen molar-refractivity contribution >= 4 is 23.4 Å². The largest absolute Gasteiger partial charge is 0.497 e. The fraction of sp³-hybridized carbons (Fsp3) is 0.227. The molecule has 0 aliphatic carbocycles. The number of aromatic nitrogens is 2. The highest BCUT2D eigenvalue weighted by atomic mass is 16.5. The van der Waals surface area contributed by atoms with E-state index in [0.29, 0.717) is 24.7 Å². The molecule has 150 valence electrons. The van der Waals surface area contributed by atoms with Crippen LogP contribution in [0.25, 0.3) is 0 Å². The van der Waals surface area contributed by atoms with Crippen LogP contribution < -0.4 is 15.4 Å². The summed E-state index contributed by atoms with van der Waals surface area (Å²) in [6.45, 7) is 4.68. The number of nitrogens with zero attached hydrogens (tertiary/aromatic N) is 2. The van der Waals surface area contributed by atoms with Crippen molar-refractivity contribution in [1.29, 1.82) is 0 Å². The van der Waals surface area contributed by atoms with Crippen LogP contribution >= 0.6 is 0 Å². The summed E-state index contributed by atoms with van der Waals surface area (Å²) in [4.78, 5) is 20.7. The van der Waals surface area contributed by atoms with Gasteiger partial charge >= 0.3 is 5.97 Å². The van der Waals surface area contributed by atoms with E-state index in [-0.39, 0.29) is 5.97 Å². The maximum atomic E-state index is 11.7. The molecule has 3 rings (SSSR count). The average molecular weight is 392 g/mol. The molecule has 0 fully saturated rings. The van der Waals surface area contributed by atoms with E-state index >= 15 is 0 Å². The van der Waals surface area contributed by atoms with E-state index < -0.39 is 0 Å². The van der Waals surface area contributed by atoms with Gasteiger partial charge in [0.2, 0.25) is 5.95 Å². The van der Waals surface area contributed by atoms with Gasteiger partial charge in [0.1, 0.15) is 11.6 Å². The summed E-state index contributed by atoms with van der Waals surface area (Å²) in [5.74, 6) is 1.69. The molecule has 29 heavy (non-hydrogen) atoms. The molecule has 0 unspecified atom stereocenters. The minimum atomic E-state index is -0.337. The van der Waals surface area contributed by atoms with Crippen molar-refractivity contribution in [2.75, 3.05) is 24.4 Å². The molecular formula is C22H24N4O3. The summed E-state index contributed by atoms with van der Waals surface area (Å²) < 4.78 is 10.2. The van der Waals surface area contributed by atoms with E-state index in [1.165, 1.54) is 0 Å². The van der Waals surface area contributed by atoms with Gasteiger partial charge in [-0.05, 0) is 55.8 Å². The lowest BCUT2D eigenvalue weighted by molar-refractivity contribution is 0.0526. The molecule has 0 aliphatic rings. The van der Waals surface area contributed by atoms with Crippen LogP contribution in [0.2, 0.25) is 0 Å². The Morgan fingerprint density at radius 3 is 2.41 bits per heavy atom. The predicted molar refractivity (Wildman–Crippen MR) is 113 cm³/mol. The Balaban J connectivity index is 1.66. The monoisotopic (exact) mass is 392 g/mol. The van der Waals surface area contributed by atoms with Crippen molar-refractivity contribution in [3.8, 4) is 5.75 Å². The van der Waals surface area contributed by atoms with Gasteiger partial charge in [-0.15, -0.1) is 0 Å². The van der Waals surface area contributed by atoms with Crippen molar-refractivity contribution < 1.29 is 14.3 Å². The van der Waals surface area contributed by atoms with Gasteiger partial charge in [0.05, 0.1) is 19.3 Å². The lowest BCUT2D eigenvalue weighted by Crippen LogP contribution is -2.06. The molecular weight excluding hydrogens is 368 g/mol. The second kappa shape index (κ2) is 9.54. The SMILES string of the molecule is CCOC(=O)c1ccc(Nc2nc(C)cc(NCc3ccc(OC)cc3)n2)cc1. The predicted octanol–water partition coefficient (Wildman–Crippen LogP) is 4.33. The van der Waals surface area contributed by atoms with Crippen molar-refractivity contribution in [3.05, 3.63) is 71.4 Å². The van der Waals surface area contributed by atoms with Crippen molar-refractivity contribution in [3.63, 3.8) is 0 Å². The van der Waals surface area contributed by atoms with Gasteiger partial charge < -0.3 is 20.1 Å². The molecule has 0 atom stereocenters. The van der Waals surface area contributed by atoms with Gasteiger partial charge in [0.25, 0.3) is 0 Å². The zero-order valence-electron chi connectivity index (χ0n) is 16.7. The highest BCUT2D eigenvalue weighted by Crippen LogP contribution is 2.18. The first kappa shape index (κ1) is 20.1. The van der Waals surface area contributed by atoms with Crippen LogP contribution in [0.5, 0.6) is 5.75 Å². The van der Waals surface area contributed by atoms with E-state index in [4.69, 9.17) is 9.47 Å². The Morgan fingerprint density at radius 1 is 1.03 bits per heavy atom. The molecule has 0 aliphatic heterocycles. The number of carbonyl (C=O) groups excluding carboxylic acids is 1. The van der Waals surface area contributed by atoms with Gasteiger partial charge in [-0.2, -0.15) is 4.98 Å². The molecule has 0 spiro atoms. The summed E-state index contributed by atoms with van der Waals surface area (Å²) in [5, 5.41) is 6.48. The normalized spacial score (nSPS) is 10.3. The Kier molecular flexibility index (Phi) is 6.63. The summed E-state index contributed by atoms with van der Waals surface area (Å²) in [6, 6.07) is 16.7. The minimum absolute atomic E-state index is 0.337. The molecule has 0 bridgehead atoms. The van der Waals surface area contributed by atoms with Crippen LogP contribution in [0.4, 0.5) is 17.5 Å². The quantitative estimate of drug-likeness (QED) is 0.552. The van der Waals surface area contributed by atoms with Gasteiger partial charge in [0, 0.05) is 24.0 Å². The summed E-state index contributed by atoms with van der Waals surface area (Å²) in [5.41, 5.74) is 3.24. The highest BCUT2D eigenvalue weighted by Gasteiger charge is 2.07. The summed E-state index contributed by atoms with van der Waals surface area (Å²) >= 11 is 0. The van der Waals surface area contributed by atoms with Crippen LogP contribution in [0.15, 0.2) is 54.6 Å². The number of carbonyl (C=O) groups is 1. The van der Waals surface area contributed by atoms with E-state index in [0.717, 1.165) is 28.5 Å². The minimum Gasteiger partial charge on any atom is -0.497 e. The Hall–Kier alpha value is -3.61. The first-order chi connectivity index (χ1) is 14.1. The number of aryl methyl sites for hydroxylation is 1. The van der Waals surface area contributed by atoms with Crippen LogP contribution in [-0.4, -0.2) is 29.7 Å².